The number of carbonyl (C=O) groups is 2. The first-order chi connectivity index (χ1) is 13.4. The van der Waals surface area contributed by atoms with E-state index in [4.69, 9.17) is 9.47 Å². The van der Waals surface area contributed by atoms with Gasteiger partial charge in [-0.15, -0.1) is 0 Å². The van der Waals surface area contributed by atoms with Crippen molar-refractivity contribution in [3.63, 3.8) is 0 Å². The number of ether oxygens (including phenoxy) is 2. The summed E-state index contributed by atoms with van der Waals surface area (Å²) in [5.74, 6) is -3.22. The molecule has 2 aliphatic rings. The fourth-order valence-corrected chi connectivity index (χ4v) is 4.53. The van der Waals surface area contributed by atoms with E-state index in [0.717, 1.165) is 11.1 Å². The number of hydrogen-bond donors (Lipinski definition) is 1. The summed E-state index contributed by atoms with van der Waals surface area (Å²) in [7, 11) is 1.55. The second-order valence-electron chi connectivity index (χ2n) is 7.41. The average Bonchev–Trinajstić information content (AvgIpc) is 3.09. The van der Waals surface area contributed by atoms with Crippen molar-refractivity contribution >= 4 is 11.9 Å². The Kier molecular flexibility index (Phi) is 4.28. The Morgan fingerprint density at radius 2 is 1.64 bits per heavy atom. The van der Waals surface area contributed by atoms with Gasteiger partial charge >= 0.3 is 5.97 Å². The highest BCUT2D eigenvalue weighted by Crippen LogP contribution is 2.61. The summed E-state index contributed by atoms with van der Waals surface area (Å²) in [5.41, 5.74) is -1.43. The standard InChI is InChI=1S/C22H23NO5/c1-3-27-19(25)20-14-21(16-10-6-4-7-11-16,17-12-8-5-9-13-17)28-22(20,26)15-23(2)18(20)24/h4-13,26H,3,14-15H2,1-2H3/t20-,22+/m0/s1. The zero-order chi connectivity index (χ0) is 20.0. The molecule has 28 heavy (non-hydrogen) atoms. The van der Waals surface area contributed by atoms with Gasteiger partial charge in [0.15, 0.2) is 0 Å². The molecule has 0 aliphatic carbocycles. The van der Waals surface area contributed by atoms with E-state index in [0.29, 0.717) is 0 Å². The van der Waals surface area contributed by atoms with Gasteiger partial charge in [-0.3, -0.25) is 9.59 Å². The van der Waals surface area contributed by atoms with Crippen LogP contribution in [0.15, 0.2) is 60.7 Å². The largest absolute Gasteiger partial charge is 0.465 e. The lowest BCUT2D eigenvalue weighted by Crippen LogP contribution is -2.52. The molecular formula is C22H23NO5. The lowest BCUT2D eigenvalue weighted by molar-refractivity contribution is -0.239. The van der Waals surface area contributed by atoms with Crippen molar-refractivity contribution in [1.29, 1.82) is 0 Å². The number of esters is 1. The quantitative estimate of drug-likeness (QED) is 0.648. The van der Waals surface area contributed by atoms with Crippen molar-refractivity contribution in [2.75, 3.05) is 20.2 Å². The Morgan fingerprint density at radius 1 is 1.11 bits per heavy atom. The van der Waals surface area contributed by atoms with Gasteiger partial charge in [-0.25, -0.2) is 0 Å². The van der Waals surface area contributed by atoms with Gasteiger partial charge in [0.05, 0.1) is 13.2 Å². The molecule has 0 spiro atoms. The molecule has 1 N–H and O–H groups in total. The van der Waals surface area contributed by atoms with E-state index < -0.39 is 28.7 Å². The number of hydrogen-bond acceptors (Lipinski definition) is 5. The van der Waals surface area contributed by atoms with Gasteiger partial charge in [0.25, 0.3) is 0 Å². The second-order valence-corrected chi connectivity index (χ2v) is 7.41. The van der Waals surface area contributed by atoms with E-state index in [1.165, 1.54) is 4.90 Å². The number of amides is 1. The fraction of sp³-hybridized carbons (Fsp3) is 0.364. The predicted molar refractivity (Wildman–Crippen MR) is 101 cm³/mol. The van der Waals surface area contributed by atoms with E-state index in [1.54, 1.807) is 14.0 Å². The first-order valence-corrected chi connectivity index (χ1v) is 9.36. The maximum Gasteiger partial charge on any atom is 0.327 e. The molecular weight excluding hydrogens is 358 g/mol. The van der Waals surface area contributed by atoms with Crippen molar-refractivity contribution < 1.29 is 24.2 Å². The van der Waals surface area contributed by atoms with Crippen molar-refractivity contribution in [1.82, 2.24) is 4.90 Å². The Labute approximate surface area is 163 Å². The Hall–Kier alpha value is -2.70. The monoisotopic (exact) mass is 381 g/mol. The van der Waals surface area contributed by atoms with Gasteiger partial charge < -0.3 is 19.5 Å². The average molecular weight is 381 g/mol. The summed E-state index contributed by atoms with van der Waals surface area (Å²) < 4.78 is 11.6. The summed E-state index contributed by atoms with van der Waals surface area (Å²) in [6, 6.07) is 18.8. The molecule has 0 bridgehead atoms. The summed E-state index contributed by atoms with van der Waals surface area (Å²) >= 11 is 0. The van der Waals surface area contributed by atoms with Crippen LogP contribution in [0.5, 0.6) is 0 Å². The molecule has 2 heterocycles. The highest BCUT2D eigenvalue weighted by atomic mass is 16.7. The molecule has 0 unspecified atom stereocenters. The highest BCUT2D eigenvalue weighted by molar-refractivity contribution is 6.06. The molecule has 0 radical (unpaired) electrons. The number of β-amino-alcohol motifs (C(OH)–C–C–N with tert-alkyl or cyclic N) is 1. The molecule has 1 amide bonds. The number of nitrogens with zero attached hydrogens (tertiary/aromatic N) is 1. The Bertz CT molecular complexity index is 860. The van der Waals surface area contributed by atoms with Crippen LogP contribution in [0, 0.1) is 5.41 Å². The molecule has 0 saturated carbocycles. The van der Waals surface area contributed by atoms with Crippen LogP contribution < -0.4 is 0 Å². The molecule has 0 aromatic heterocycles. The number of aliphatic hydroxyl groups is 1. The number of carbonyl (C=O) groups excluding carboxylic acids is 2. The van der Waals surface area contributed by atoms with Crippen molar-refractivity contribution in [3.05, 3.63) is 71.8 Å². The summed E-state index contributed by atoms with van der Waals surface area (Å²) in [6.45, 7) is 1.68. The van der Waals surface area contributed by atoms with Crippen LogP contribution in [0.2, 0.25) is 0 Å². The number of fused-ring (bicyclic) bond motifs is 1. The number of likely N-dealkylation sites (N-methyl/N-ethyl adjacent to an activating group) is 1. The first-order valence-electron chi connectivity index (χ1n) is 9.36. The van der Waals surface area contributed by atoms with E-state index in [1.807, 2.05) is 60.7 Å². The molecule has 6 nitrogen and oxygen atoms in total. The third-order valence-electron chi connectivity index (χ3n) is 5.79. The van der Waals surface area contributed by atoms with Crippen LogP contribution >= 0.6 is 0 Å². The highest BCUT2D eigenvalue weighted by Gasteiger charge is 2.78. The molecule has 2 aromatic rings. The fourth-order valence-electron chi connectivity index (χ4n) is 4.53. The van der Waals surface area contributed by atoms with Gasteiger partial charge in [-0.05, 0) is 18.1 Å². The molecule has 2 saturated heterocycles. The maximum atomic E-state index is 13.2. The Balaban J connectivity index is 1.95. The van der Waals surface area contributed by atoms with E-state index in [9.17, 15) is 14.7 Å². The van der Waals surface area contributed by atoms with Crippen LogP contribution in [0.1, 0.15) is 24.5 Å². The van der Waals surface area contributed by atoms with Gasteiger partial charge in [-0.2, -0.15) is 0 Å². The second kappa shape index (κ2) is 6.43. The van der Waals surface area contributed by atoms with Gasteiger partial charge in [0, 0.05) is 13.5 Å². The first kappa shape index (κ1) is 18.7. The van der Waals surface area contributed by atoms with Crippen LogP contribution in [-0.4, -0.2) is 47.9 Å². The van der Waals surface area contributed by atoms with Crippen LogP contribution in [0.4, 0.5) is 0 Å². The van der Waals surface area contributed by atoms with Crippen molar-refractivity contribution in [3.8, 4) is 0 Å². The minimum absolute atomic E-state index is 0.0352. The molecule has 6 heteroatoms. The maximum absolute atomic E-state index is 13.2. The topological polar surface area (TPSA) is 76.1 Å². The van der Waals surface area contributed by atoms with E-state index in [-0.39, 0.29) is 19.6 Å². The van der Waals surface area contributed by atoms with Crippen LogP contribution in [0.25, 0.3) is 0 Å². The predicted octanol–water partition coefficient (Wildman–Crippen LogP) is 2.06. The zero-order valence-electron chi connectivity index (χ0n) is 15.9. The molecule has 4 rings (SSSR count). The normalized spacial score (nSPS) is 28.2. The summed E-state index contributed by atoms with van der Waals surface area (Å²) in [5, 5.41) is 11.5. The molecule has 2 fully saturated rings. The minimum atomic E-state index is -1.99. The summed E-state index contributed by atoms with van der Waals surface area (Å²) in [6.07, 6.45) is -0.0352. The van der Waals surface area contributed by atoms with Gasteiger partial charge in [0.2, 0.25) is 17.1 Å². The lowest BCUT2D eigenvalue weighted by Gasteiger charge is -2.33. The third kappa shape index (κ3) is 2.34. The van der Waals surface area contributed by atoms with Crippen molar-refractivity contribution in [2.24, 2.45) is 5.41 Å². The molecule has 146 valence electrons. The summed E-state index contributed by atoms with van der Waals surface area (Å²) in [4.78, 5) is 27.5. The van der Waals surface area contributed by atoms with Crippen molar-refractivity contribution in [2.45, 2.75) is 24.7 Å². The zero-order valence-corrected chi connectivity index (χ0v) is 15.9. The van der Waals surface area contributed by atoms with Gasteiger partial charge in [-0.1, -0.05) is 60.7 Å². The minimum Gasteiger partial charge on any atom is -0.465 e. The number of likely N-dealkylation sites (tertiary alicyclic amines) is 1. The Morgan fingerprint density at radius 3 is 2.14 bits per heavy atom. The van der Waals surface area contributed by atoms with Crippen LogP contribution in [0.3, 0.4) is 0 Å². The van der Waals surface area contributed by atoms with Crippen LogP contribution in [-0.2, 0) is 24.7 Å². The molecule has 2 aromatic carbocycles. The SMILES string of the molecule is CCOC(=O)[C@@]12CC(c3ccccc3)(c3ccccc3)O[C@]1(O)CN(C)C2=O. The van der Waals surface area contributed by atoms with E-state index >= 15 is 0 Å². The number of rotatable bonds is 4. The molecule has 2 aliphatic heterocycles. The van der Waals surface area contributed by atoms with Gasteiger partial charge in [0.1, 0.15) is 5.60 Å². The number of benzene rings is 2. The molecule has 2 atom stereocenters. The lowest BCUT2D eigenvalue weighted by atomic mass is 9.72. The van der Waals surface area contributed by atoms with E-state index in [2.05, 4.69) is 0 Å². The third-order valence-corrected chi connectivity index (χ3v) is 5.79. The smallest absolute Gasteiger partial charge is 0.327 e.